The zero-order valence-electron chi connectivity index (χ0n) is 15.2. The van der Waals surface area contributed by atoms with E-state index in [1.165, 1.54) is 0 Å². The van der Waals surface area contributed by atoms with Gasteiger partial charge in [0.2, 0.25) is 0 Å². The molecule has 1 aliphatic heterocycles. The van der Waals surface area contributed by atoms with E-state index in [2.05, 4.69) is 4.98 Å². The molecule has 1 saturated heterocycles. The minimum absolute atomic E-state index is 0.404. The third kappa shape index (κ3) is 2.97. The Hall–Kier alpha value is -3.08. The molecular weight excluding hydrogens is 356 g/mol. The number of nitrogens with zero attached hydrogens (tertiary/aromatic N) is 3. The van der Waals surface area contributed by atoms with Crippen molar-refractivity contribution >= 4 is 17.2 Å². The van der Waals surface area contributed by atoms with Gasteiger partial charge in [-0.2, -0.15) is 0 Å². The molecule has 28 heavy (non-hydrogen) atoms. The molecule has 1 saturated carbocycles. The fraction of sp³-hybridized carbons (Fsp3) is 0.217. The number of pyridine rings is 1. The summed E-state index contributed by atoms with van der Waals surface area (Å²) < 4.78 is 26.8. The van der Waals surface area contributed by atoms with Crippen molar-refractivity contribution in [3.63, 3.8) is 0 Å². The van der Waals surface area contributed by atoms with Crippen molar-refractivity contribution in [1.29, 1.82) is 0 Å². The number of benzene rings is 2. The highest BCUT2D eigenvalue weighted by molar-refractivity contribution is 6.13. The summed E-state index contributed by atoms with van der Waals surface area (Å²) in [5.41, 5.74) is 3.76. The maximum atomic E-state index is 13.4. The van der Waals surface area contributed by atoms with E-state index in [9.17, 15) is 8.78 Å². The number of anilines is 1. The van der Waals surface area contributed by atoms with Crippen LogP contribution in [-0.4, -0.2) is 29.7 Å². The van der Waals surface area contributed by atoms with Gasteiger partial charge in [-0.25, -0.2) is 18.8 Å². The van der Waals surface area contributed by atoms with Crippen molar-refractivity contribution in [2.45, 2.75) is 5.92 Å². The van der Waals surface area contributed by atoms with Crippen LogP contribution in [0.5, 0.6) is 0 Å². The van der Waals surface area contributed by atoms with Crippen molar-refractivity contribution < 1.29 is 8.78 Å². The van der Waals surface area contributed by atoms with Crippen LogP contribution in [0.25, 0.3) is 0 Å². The lowest BCUT2D eigenvalue weighted by Gasteiger charge is -2.21. The molecule has 140 valence electrons. The van der Waals surface area contributed by atoms with E-state index in [0.29, 0.717) is 18.9 Å². The Labute approximate surface area is 162 Å². The summed E-state index contributed by atoms with van der Waals surface area (Å²) in [5, 5.41) is 0. The monoisotopic (exact) mass is 375 g/mol. The summed E-state index contributed by atoms with van der Waals surface area (Å²) >= 11 is 0. The summed E-state index contributed by atoms with van der Waals surface area (Å²) in [6.45, 7) is 0.808. The largest absolute Gasteiger partial charge is 0.369 e. The van der Waals surface area contributed by atoms with E-state index in [1.807, 2.05) is 77.7 Å². The summed E-state index contributed by atoms with van der Waals surface area (Å²) in [6.07, 6.45) is 1.73. The fourth-order valence-electron chi connectivity index (χ4n) is 3.95. The molecule has 2 unspecified atom stereocenters. The number of hydrogen-bond donors (Lipinski definition) is 0. The third-order valence-electron chi connectivity index (χ3n) is 5.62. The Bertz CT molecular complexity index is 946. The lowest BCUT2D eigenvalue weighted by molar-refractivity contribution is 0.0797. The molecule has 1 aliphatic carbocycles. The SMILES string of the molecule is FC1(F)C2CN(c3ccc(N=C(c4ccccc4)c4ccccc4)nc3)CC21. The Kier molecular flexibility index (Phi) is 3.97. The molecule has 0 spiro atoms. The number of halogens is 2. The minimum Gasteiger partial charge on any atom is -0.369 e. The molecule has 2 atom stereocenters. The van der Waals surface area contributed by atoms with E-state index < -0.39 is 17.8 Å². The van der Waals surface area contributed by atoms with Crippen LogP contribution in [0.1, 0.15) is 11.1 Å². The second-order valence-electron chi connectivity index (χ2n) is 7.36. The second-order valence-corrected chi connectivity index (χ2v) is 7.36. The van der Waals surface area contributed by atoms with Gasteiger partial charge >= 0.3 is 0 Å². The molecular formula is C23H19F2N3. The summed E-state index contributed by atoms with van der Waals surface area (Å²) in [5.74, 6) is -2.85. The van der Waals surface area contributed by atoms with Gasteiger partial charge < -0.3 is 4.90 Å². The highest BCUT2D eigenvalue weighted by Crippen LogP contribution is 2.59. The van der Waals surface area contributed by atoms with Crippen molar-refractivity contribution in [2.75, 3.05) is 18.0 Å². The average Bonchev–Trinajstić information content (AvgIpc) is 3.08. The second kappa shape index (κ2) is 6.51. The van der Waals surface area contributed by atoms with Gasteiger partial charge in [-0.1, -0.05) is 60.7 Å². The van der Waals surface area contributed by atoms with Gasteiger partial charge in [-0.05, 0) is 12.1 Å². The number of fused-ring (bicyclic) bond motifs is 1. The molecule has 3 aromatic rings. The molecule has 5 rings (SSSR count). The number of piperidine rings is 1. The van der Waals surface area contributed by atoms with Gasteiger partial charge in [0.15, 0.2) is 5.82 Å². The number of rotatable bonds is 4. The van der Waals surface area contributed by atoms with Gasteiger partial charge in [-0.3, -0.25) is 0 Å². The lowest BCUT2D eigenvalue weighted by atomic mass is 10.0. The van der Waals surface area contributed by atoms with Crippen LogP contribution in [-0.2, 0) is 0 Å². The first kappa shape index (κ1) is 17.0. The number of hydrogen-bond acceptors (Lipinski definition) is 3. The first-order chi connectivity index (χ1) is 13.6. The molecule has 2 heterocycles. The Balaban J connectivity index is 1.42. The van der Waals surface area contributed by atoms with E-state index in [1.54, 1.807) is 6.20 Å². The molecule has 2 fully saturated rings. The van der Waals surface area contributed by atoms with Crippen LogP contribution < -0.4 is 4.90 Å². The molecule has 5 heteroatoms. The van der Waals surface area contributed by atoms with Gasteiger partial charge in [0.25, 0.3) is 5.92 Å². The van der Waals surface area contributed by atoms with Crippen molar-refractivity contribution in [3.05, 3.63) is 90.1 Å². The van der Waals surface area contributed by atoms with Gasteiger partial charge in [0.1, 0.15) is 0 Å². The quantitative estimate of drug-likeness (QED) is 0.604. The molecule has 2 aromatic carbocycles. The van der Waals surface area contributed by atoms with Crippen LogP contribution in [0, 0.1) is 11.8 Å². The van der Waals surface area contributed by atoms with Crippen LogP contribution in [0.3, 0.4) is 0 Å². The highest BCUT2D eigenvalue weighted by Gasteiger charge is 2.71. The number of aliphatic imine (C=N–C) groups is 1. The van der Waals surface area contributed by atoms with Crippen molar-refractivity contribution in [3.8, 4) is 0 Å². The van der Waals surface area contributed by atoms with Crippen LogP contribution in [0.15, 0.2) is 84.0 Å². The van der Waals surface area contributed by atoms with Crippen LogP contribution in [0.2, 0.25) is 0 Å². The predicted molar refractivity (Wildman–Crippen MR) is 107 cm³/mol. The molecule has 0 radical (unpaired) electrons. The van der Waals surface area contributed by atoms with Crippen molar-refractivity contribution in [1.82, 2.24) is 4.98 Å². The topological polar surface area (TPSA) is 28.5 Å². The van der Waals surface area contributed by atoms with Crippen LogP contribution >= 0.6 is 0 Å². The number of aromatic nitrogens is 1. The maximum Gasteiger partial charge on any atom is 0.258 e. The summed E-state index contributed by atoms with van der Waals surface area (Å²) in [7, 11) is 0. The molecule has 0 bridgehead atoms. The zero-order chi connectivity index (χ0) is 19.1. The fourth-order valence-corrected chi connectivity index (χ4v) is 3.95. The van der Waals surface area contributed by atoms with Crippen LogP contribution in [0.4, 0.5) is 20.3 Å². The van der Waals surface area contributed by atoms with E-state index >= 15 is 0 Å². The molecule has 3 nitrogen and oxygen atoms in total. The van der Waals surface area contributed by atoms with Gasteiger partial charge in [0.05, 0.1) is 29.4 Å². The lowest BCUT2D eigenvalue weighted by Crippen LogP contribution is -2.27. The third-order valence-corrected chi connectivity index (χ3v) is 5.62. The zero-order valence-corrected chi connectivity index (χ0v) is 15.2. The Morgan fingerprint density at radius 1 is 0.857 bits per heavy atom. The molecule has 0 amide bonds. The van der Waals surface area contributed by atoms with Gasteiger partial charge in [0, 0.05) is 24.2 Å². The Morgan fingerprint density at radius 3 is 1.93 bits per heavy atom. The first-order valence-electron chi connectivity index (χ1n) is 9.41. The predicted octanol–water partition coefficient (Wildman–Crippen LogP) is 4.95. The summed E-state index contributed by atoms with van der Waals surface area (Å²) in [6, 6.07) is 23.8. The molecule has 1 aromatic heterocycles. The van der Waals surface area contributed by atoms with E-state index in [4.69, 9.17) is 4.99 Å². The Morgan fingerprint density at radius 2 is 1.43 bits per heavy atom. The normalized spacial score (nSPS) is 21.9. The van der Waals surface area contributed by atoms with Gasteiger partial charge in [-0.15, -0.1) is 0 Å². The molecule has 2 aliphatic rings. The van der Waals surface area contributed by atoms with E-state index in [0.717, 1.165) is 22.5 Å². The molecule has 0 N–H and O–H groups in total. The number of alkyl halides is 2. The van der Waals surface area contributed by atoms with Crippen molar-refractivity contribution in [2.24, 2.45) is 16.8 Å². The maximum absolute atomic E-state index is 13.4. The first-order valence-corrected chi connectivity index (χ1v) is 9.41. The minimum atomic E-state index is -2.46. The highest BCUT2D eigenvalue weighted by atomic mass is 19.3. The standard InChI is InChI=1S/C23H19F2N3/c24-23(25)19-14-28(15-20(19)23)18-11-12-21(26-13-18)27-22(16-7-3-1-4-8-16)17-9-5-2-6-10-17/h1-13,19-20H,14-15H2. The average molecular weight is 375 g/mol. The summed E-state index contributed by atoms with van der Waals surface area (Å²) in [4.78, 5) is 11.2. The smallest absolute Gasteiger partial charge is 0.258 e. The van der Waals surface area contributed by atoms with E-state index in [-0.39, 0.29) is 0 Å².